The number of nitriles is 1. The van der Waals surface area contributed by atoms with Crippen LogP contribution in [0.4, 0.5) is 0 Å². The Kier molecular flexibility index (Phi) is 5.64. The largest absolute Gasteiger partial charge is 0.457 e. The molecule has 0 fully saturated rings. The highest BCUT2D eigenvalue weighted by Gasteiger charge is 2.17. The standard InChI is InChI=1S/C22H17NO3/c23-16-21(26-22(24)14-17-8-3-1-4-9-17)18-10-7-13-20(15-18)25-19-11-5-2-6-12-19/h1-13,15,21H,14H2. The summed E-state index contributed by atoms with van der Waals surface area (Å²) < 4.78 is 11.1. The number of nitrogens with zero attached hydrogens (tertiary/aromatic N) is 1. The van der Waals surface area contributed by atoms with Gasteiger partial charge >= 0.3 is 5.97 Å². The van der Waals surface area contributed by atoms with Crippen LogP contribution in [0, 0.1) is 11.3 Å². The average molecular weight is 343 g/mol. The van der Waals surface area contributed by atoms with Crippen molar-refractivity contribution < 1.29 is 14.3 Å². The minimum Gasteiger partial charge on any atom is -0.457 e. The molecular formula is C22H17NO3. The molecule has 1 atom stereocenters. The Morgan fingerprint density at radius 2 is 1.54 bits per heavy atom. The number of carbonyl (C=O) groups is 1. The maximum Gasteiger partial charge on any atom is 0.311 e. The Bertz CT molecular complexity index is 901. The molecule has 0 aliphatic heterocycles. The Morgan fingerprint density at radius 1 is 0.885 bits per heavy atom. The second kappa shape index (κ2) is 8.50. The highest BCUT2D eigenvalue weighted by Crippen LogP contribution is 2.26. The molecule has 0 saturated heterocycles. The number of carbonyl (C=O) groups excluding carboxylic acids is 1. The zero-order valence-corrected chi connectivity index (χ0v) is 14.0. The van der Waals surface area contributed by atoms with E-state index in [-0.39, 0.29) is 6.42 Å². The van der Waals surface area contributed by atoms with Crippen molar-refractivity contribution in [3.05, 3.63) is 96.1 Å². The van der Waals surface area contributed by atoms with Crippen molar-refractivity contribution in [3.63, 3.8) is 0 Å². The Morgan fingerprint density at radius 3 is 2.23 bits per heavy atom. The molecule has 0 amide bonds. The van der Waals surface area contributed by atoms with E-state index in [9.17, 15) is 10.1 Å². The van der Waals surface area contributed by atoms with Crippen LogP contribution in [0.3, 0.4) is 0 Å². The van der Waals surface area contributed by atoms with Crippen molar-refractivity contribution in [3.8, 4) is 17.6 Å². The van der Waals surface area contributed by atoms with Gasteiger partial charge in [-0.15, -0.1) is 0 Å². The fraction of sp³-hybridized carbons (Fsp3) is 0.0909. The topological polar surface area (TPSA) is 59.3 Å². The summed E-state index contributed by atoms with van der Waals surface area (Å²) >= 11 is 0. The molecule has 0 bridgehead atoms. The number of hydrogen-bond donors (Lipinski definition) is 0. The van der Waals surface area contributed by atoms with E-state index < -0.39 is 12.1 Å². The maximum atomic E-state index is 12.1. The van der Waals surface area contributed by atoms with Crippen molar-refractivity contribution >= 4 is 5.97 Å². The number of rotatable bonds is 6. The van der Waals surface area contributed by atoms with Crippen LogP contribution in [0.1, 0.15) is 17.2 Å². The van der Waals surface area contributed by atoms with Crippen molar-refractivity contribution in [1.82, 2.24) is 0 Å². The molecule has 0 aliphatic carbocycles. The highest BCUT2D eigenvalue weighted by atomic mass is 16.5. The van der Waals surface area contributed by atoms with Crippen LogP contribution in [0.15, 0.2) is 84.9 Å². The van der Waals surface area contributed by atoms with E-state index >= 15 is 0 Å². The molecule has 4 nitrogen and oxygen atoms in total. The lowest BCUT2D eigenvalue weighted by atomic mass is 10.1. The van der Waals surface area contributed by atoms with Gasteiger partial charge in [0.2, 0.25) is 6.10 Å². The van der Waals surface area contributed by atoms with Crippen molar-refractivity contribution in [2.24, 2.45) is 0 Å². The molecule has 0 aliphatic rings. The van der Waals surface area contributed by atoms with E-state index in [2.05, 4.69) is 0 Å². The number of para-hydroxylation sites is 1. The fourth-order valence-electron chi connectivity index (χ4n) is 2.47. The Hall–Kier alpha value is -3.58. The third-order valence-electron chi connectivity index (χ3n) is 3.70. The van der Waals surface area contributed by atoms with Crippen LogP contribution < -0.4 is 4.74 Å². The number of benzene rings is 3. The van der Waals surface area contributed by atoms with Crippen LogP contribution >= 0.6 is 0 Å². The van der Waals surface area contributed by atoms with Crippen LogP contribution in [-0.2, 0) is 16.0 Å². The third kappa shape index (κ3) is 4.71. The first-order valence-electron chi connectivity index (χ1n) is 8.20. The number of hydrogen-bond acceptors (Lipinski definition) is 4. The molecule has 0 radical (unpaired) electrons. The van der Waals surface area contributed by atoms with E-state index in [4.69, 9.17) is 9.47 Å². The molecule has 0 heterocycles. The van der Waals surface area contributed by atoms with E-state index in [0.29, 0.717) is 17.1 Å². The second-order valence-corrected chi connectivity index (χ2v) is 5.65. The number of esters is 1. The maximum absolute atomic E-state index is 12.1. The predicted octanol–water partition coefficient (Wildman–Crippen LogP) is 4.83. The van der Waals surface area contributed by atoms with Crippen molar-refractivity contribution in [1.29, 1.82) is 5.26 Å². The van der Waals surface area contributed by atoms with Crippen molar-refractivity contribution in [2.75, 3.05) is 0 Å². The summed E-state index contributed by atoms with van der Waals surface area (Å²) in [5.74, 6) is 0.824. The third-order valence-corrected chi connectivity index (χ3v) is 3.70. The Balaban J connectivity index is 1.69. The monoisotopic (exact) mass is 343 g/mol. The van der Waals surface area contributed by atoms with E-state index in [1.165, 1.54) is 0 Å². The SMILES string of the molecule is N#CC(OC(=O)Cc1ccccc1)c1cccc(Oc2ccccc2)c1. The van der Waals surface area contributed by atoms with Gasteiger partial charge in [0, 0.05) is 5.56 Å². The minimum absolute atomic E-state index is 0.124. The second-order valence-electron chi connectivity index (χ2n) is 5.65. The van der Waals surface area contributed by atoms with Crippen LogP contribution in [0.5, 0.6) is 11.5 Å². The smallest absolute Gasteiger partial charge is 0.311 e. The Labute approximate surface area is 152 Å². The lowest BCUT2D eigenvalue weighted by molar-refractivity contribution is -0.146. The first-order chi connectivity index (χ1) is 12.7. The molecule has 3 rings (SSSR count). The van der Waals surface area contributed by atoms with Gasteiger partial charge in [0.1, 0.15) is 17.6 Å². The van der Waals surface area contributed by atoms with Crippen LogP contribution in [0.25, 0.3) is 0 Å². The fourth-order valence-corrected chi connectivity index (χ4v) is 2.47. The van der Waals surface area contributed by atoms with Crippen LogP contribution in [0.2, 0.25) is 0 Å². The van der Waals surface area contributed by atoms with E-state index in [1.54, 1.807) is 24.3 Å². The van der Waals surface area contributed by atoms with Gasteiger partial charge in [-0.25, -0.2) is 0 Å². The lowest BCUT2D eigenvalue weighted by Gasteiger charge is -2.13. The molecule has 26 heavy (non-hydrogen) atoms. The van der Waals surface area contributed by atoms with Gasteiger partial charge in [-0.3, -0.25) is 4.79 Å². The van der Waals surface area contributed by atoms with Gasteiger partial charge in [-0.1, -0.05) is 60.7 Å². The van der Waals surface area contributed by atoms with Crippen LogP contribution in [-0.4, -0.2) is 5.97 Å². The molecule has 0 aromatic heterocycles. The molecule has 0 N–H and O–H groups in total. The summed E-state index contributed by atoms with van der Waals surface area (Å²) in [5.41, 5.74) is 1.41. The summed E-state index contributed by atoms with van der Waals surface area (Å²) in [4.78, 5) is 12.1. The van der Waals surface area contributed by atoms with E-state index in [0.717, 1.165) is 5.56 Å². The molecule has 3 aromatic rings. The number of ether oxygens (including phenoxy) is 2. The summed E-state index contributed by atoms with van der Waals surface area (Å²) in [6.45, 7) is 0. The summed E-state index contributed by atoms with van der Waals surface area (Å²) in [6, 6.07) is 27.6. The predicted molar refractivity (Wildman–Crippen MR) is 97.6 cm³/mol. The molecule has 0 saturated carbocycles. The van der Waals surface area contributed by atoms with Gasteiger partial charge in [0.15, 0.2) is 0 Å². The summed E-state index contributed by atoms with van der Waals surface area (Å²) in [7, 11) is 0. The van der Waals surface area contributed by atoms with Gasteiger partial charge in [-0.2, -0.15) is 5.26 Å². The molecule has 1 unspecified atom stereocenters. The first-order valence-corrected chi connectivity index (χ1v) is 8.20. The normalized spacial score (nSPS) is 11.2. The van der Waals surface area contributed by atoms with Gasteiger partial charge in [0.25, 0.3) is 0 Å². The minimum atomic E-state index is -0.981. The summed E-state index contributed by atoms with van der Waals surface area (Å²) in [6.07, 6.45) is -0.857. The molecule has 0 spiro atoms. The van der Waals surface area contributed by atoms with Gasteiger partial charge < -0.3 is 9.47 Å². The lowest BCUT2D eigenvalue weighted by Crippen LogP contribution is -2.12. The average Bonchev–Trinajstić information content (AvgIpc) is 2.68. The zero-order valence-electron chi connectivity index (χ0n) is 14.0. The molecule has 3 aromatic carbocycles. The highest BCUT2D eigenvalue weighted by molar-refractivity contribution is 5.73. The quantitative estimate of drug-likeness (QED) is 0.602. The van der Waals surface area contributed by atoms with E-state index in [1.807, 2.05) is 66.7 Å². The first kappa shape index (κ1) is 17.2. The van der Waals surface area contributed by atoms with Gasteiger partial charge in [0.05, 0.1) is 6.42 Å². The molecule has 128 valence electrons. The zero-order chi connectivity index (χ0) is 18.2. The summed E-state index contributed by atoms with van der Waals surface area (Å²) in [5, 5.41) is 9.41. The molecule has 4 heteroatoms. The van der Waals surface area contributed by atoms with Gasteiger partial charge in [-0.05, 0) is 29.8 Å². The molecular weight excluding hydrogens is 326 g/mol. The van der Waals surface area contributed by atoms with Crippen molar-refractivity contribution in [2.45, 2.75) is 12.5 Å².